The van der Waals surface area contributed by atoms with E-state index in [0.717, 1.165) is 37.2 Å². The molecular weight excluding hydrogens is 433 g/mol. The number of methoxy groups -OCH3 is 1. The maximum absolute atomic E-state index is 14.2. The number of carbonyl (C=O) groups is 1. The number of hydrogen-bond donors (Lipinski definition) is 1. The molecule has 1 amide bonds. The van der Waals surface area contributed by atoms with E-state index in [-0.39, 0.29) is 11.7 Å². The average Bonchev–Trinajstić information content (AvgIpc) is 2.89. The van der Waals surface area contributed by atoms with Crippen LogP contribution in [0.2, 0.25) is 0 Å². The summed E-state index contributed by atoms with van der Waals surface area (Å²) in [4.78, 5) is 19.1. The number of pyridine rings is 1. The molecule has 0 atom stereocenters. The smallest absolute Gasteiger partial charge is 0.251 e. The first-order valence-corrected chi connectivity index (χ1v) is 11.6. The maximum Gasteiger partial charge on any atom is 0.251 e. The van der Waals surface area contributed by atoms with Crippen molar-refractivity contribution >= 4 is 11.6 Å². The van der Waals surface area contributed by atoms with Gasteiger partial charge in [-0.3, -0.25) is 9.78 Å². The van der Waals surface area contributed by atoms with Crippen LogP contribution < -0.4 is 19.7 Å². The molecule has 178 valence electrons. The van der Waals surface area contributed by atoms with Gasteiger partial charge in [0.25, 0.3) is 5.91 Å². The fraction of sp³-hybridized carbons (Fsp3) is 0.333. The Balaban J connectivity index is 1.24. The molecule has 0 saturated carbocycles. The molecule has 0 bridgehead atoms. The van der Waals surface area contributed by atoms with Gasteiger partial charge in [0.1, 0.15) is 5.75 Å². The first-order chi connectivity index (χ1) is 16.6. The van der Waals surface area contributed by atoms with Gasteiger partial charge in [0, 0.05) is 49.7 Å². The lowest BCUT2D eigenvalue weighted by Crippen LogP contribution is -2.38. The van der Waals surface area contributed by atoms with E-state index in [4.69, 9.17) is 9.47 Å². The predicted molar refractivity (Wildman–Crippen MR) is 130 cm³/mol. The molecule has 4 rings (SSSR count). The summed E-state index contributed by atoms with van der Waals surface area (Å²) in [6.07, 6.45) is 6.25. The van der Waals surface area contributed by atoms with Crippen molar-refractivity contribution in [1.29, 1.82) is 0 Å². The summed E-state index contributed by atoms with van der Waals surface area (Å²) in [5.41, 5.74) is 2.64. The largest absolute Gasteiger partial charge is 0.497 e. The number of piperidine rings is 1. The zero-order chi connectivity index (χ0) is 23.8. The summed E-state index contributed by atoms with van der Waals surface area (Å²) in [5, 5.41) is 3.01. The fourth-order valence-electron chi connectivity index (χ4n) is 4.12. The molecule has 7 heteroatoms. The summed E-state index contributed by atoms with van der Waals surface area (Å²) in [7, 11) is 1.62. The molecule has 34 heavy (non-hydrogen) atoms. The van der Waals surface area contributed by atoms with Crippen LogP contribution in [0.5, 0.6) is 11.5 Å². The summed E-state index contributed by atoms with van der Waals surface area (Å²) in [6, 6.07) is 15.9. The van der Waals surface area contributed by atoms with Crippen LogP contribution in [0.1, 0.15) is 28.8 Å². The van der Waals surface area contributed by atoms with Crippen LogP contribution in [-0.2, 0) is 6.42 Å². The topological polar surface area (TPSA) is 63.7 Å². The molecule has 6 nitrogen and oxygen atoms in total. The minimum absolute atomic E-state index is 0.0896. The van der Waals surface area contributed by atoms with Crippen molar-refractivity contribution in [3.05, 3.63) is 83.9 Å². The maximum atomic E-state index is 14.2. The lowest BCUT2D eigenvalue weighted by Gasteiger charge is -2.33. The highest BCUT2D eigenvalue weighted by molar-refractivity contribution is 5.94. The molecule has 1 aromatic heterocycles. The van der Waals surface area contributed by atoms with Crippen LogP contribution in [0.25, 0.3) is 0 Å². The second-order valence-electron chi connectivity index (χ2n) is 8.44. The SMILES string of the molecule is COc1ccc(CCOc2cc(C(=O)NCC3CCN(c4ccncc4)CC3)ccc2F)cc1. The lowest BCUT2D eigenvalue weighted by atomic mass is 9.96. The van der Waals surface area contributed by atoms with Gasteiger partial charge in [0.15, 0.2) is 11.6 Å². The summed E-state index contributed by atoms with van der Waals surface area (Å²) in [6.45, 7) is 2.82. The second kappa shape index (κ2) is 11.5. The van der Waals surface area contributed by atoms with Crippen molar-refractivity contribution in [3.63, 3.8) is 0 Å². The van der Waals surface area contributed by atoms with E-state index in [2.05, 4.69) is 15.2 Å². The Morgan fingerprint density at radius 1 is 1.09 bits per heavy atom. The quantitative estimate of drug-likeness (QED) is 0.506. The van der Waals surface area contributed by atoms with Gasteiger partial charge in [-0.05, 0) is 66.8 Å². The monoisotopic (exact) mass is 463 g/mol. The van der Waals surface area contributed by atoms with E-state index in [0.29, 0.717) is 31.1 Å². The van der Waals surface area contributed by atoms with Gasteiger partial charge in [0.05, 0.1) is 13.7 Å². The van der Waals surface area contributed by atoms with Crippen LogP contribution >= 0.6 is 0 Å². The first-order valence-electron chi connectivity index (χ1n) is 11.6. The molecular formula is C27H30FN3O3. The molecule has 0 unspecified atom stereocenters. The summed E-state index contributed by atoms with van der Waals surface area (Å²) >= 11 is 0. The highest BCUT2D eigenvalue weighted by Crippen LogP contribution is 2.23. The van der Waals surface area contributed by atoms with Crippen LogP contribution in [0.4, 0.5) is 10.1 Å². The zero-order valence-electron chi connectivity index (χ0n) is 19.4. The van der Waals surface area contributed by atoms with Gasteiger partial charge in [-0.25, -0.2) is 4.39 Å². The third kappa shape index (κ3) is 6.25. The Morgan fingerprint density at radius 3 is 2.53 bits per heavy atom. The Morgan fingerprint density at radius 2 is 1.82 bits per heavy atom. The lowest BCUT2D eigenvalue weighted by molar-refractivity contribution is 0.0944. The van der Waals surface area contributed by atoms with Gasteiger partial charge >= 0.3 is 0 Å². The third-order valence-corrected chi connectivity index (χ3v) is 6.19. The number of amides is 1. The number of rotatable bonds is 9. The molecule has 2 aromatic carbocycles. The highest BCUT2D eigenvalue weighted by Gasteiger charge is 2.20. The van der Waals surface area contributed by atoms with E-state index in [1.165, 1.54) is 23.9 Å². The minimum Gasteiger partial charge on any atom is -0.497 e. The average molecular weight is 464 g/mol. The van der Waals surface area contributed by atoms with Crippen LogP contribution in [0.15, 0.2) is 67.0 Å². The van der Waals surface area contributed by atoms with E-state index in [1.807, 2.05) is 36.4 Å². The number of anilines is 1. The fourth-order valence-corrected chi connectivity index (χ4v) is 4.12. The van der Waals surface area contributed by atoms with Crippen molar-refractivity contribution in [2.45, 2.75) is 19.3 Å². The number of hydrogen-bond acceptors (Lipinski definition) is 5. The molecule has 0 radical (unpaired) electrons. The number of aromatic nitrogens is 1. The second-order valence-corrected chi connectivity index (χ2v) is 8.44. The number of ether oxygens (including phenoxy) is 2. The number of carbonyl (C=O) groups excluding carboxylic acids is 1. The van der Waals surface area contributed by atoms with Crippen molar-refractivity contribution in [1.82, 2.24) is 10.3 Å². The number of benzene rings is 2. The van der Waals surface area contributed by atoms with E-state index >= 15 is 0 Å². The highest BCUT2D eigenvalue weighted by atomic mass is 19.1. The molecule has 1 N–H and O–H groups in total. The van der Waals surface area contributed by atoms with Gasteiger partial charge < -0.3 is 19.7 Å². The van der Waals surface area contributed by atoms with Crippen molar-refractivity contribution in [2.24, 2.45) is 5.92 Å². The Hall–Kier alpha value is -3.61. The van der Waals surface area contributed by atoms with Crippen molar-refractivity contribution < 1.29 is 18.7 Å². The summed E-state index contributed by atoms with van der Waals surface area (Å²) in [5.74, 6) is 0.606. The number of nitrogens with zero attached hydrogens (tertiary/aromatic N) is 2. The Kier molecular flexibility index (Phi) is 7.96. The Bertz CT molecular complexity index is 1070. The van der Waals surface area contributed by atoms with Crippen LogP contribution in [-0.4, -0.2) is 44.2 Å². The van der Waals surface area contributed by atoms with Gasteiger partial charge in [0.2, 0.25) is 0 Å². The van der Waals surface area contributed by atoms with E-state index < -0.39 is 5.82 Å². The Labute approximate surface area is 199 Å². The van der Waals surface area contributed by atoms with Gasteiger partial charge in [-0.2, -0.15) is 0 Å². The van der Waals surface area contributed by atoms with E-state index in [1.54, 1.807) is 19.5 Å². The molecule has 2 heterocycles. The van der Waals surface area contributed by atoms with Gasteiger partial charge in [-0.1, -0.05) is 12.1 Å². The molecule has 1 fully saturated rings. The minimum atomic E-state index is -0.477. The molecule has 3 aromatic rings. The van der Waals surface area contributed by atoms with Gasteiger partial charge in [-0.15, -0.1) is 0 Å². The van der Waals surface area contributed by atoms with Crippen LogP contribution in [0, 0.1) is 11.7 Å². The summed E-state index contributed by atoms with van der Waals surface area (Å²) < 4.78 is 25.0. The van der Waals surface area contributed by atoms with Crippen molar-refractivity contribution in [2.75, 3.05) is 38.3 Å². The number of nitrogens with one attached hydrogen (secondary N) is 1. The number of halogens is 1. The van der Waals surface area contributed by atoms with Crippen LogP contribution in [0.3, 0.4) is 0 Å². The first kappa shape index (κ1) is 23.5. The molecule has 1 aliphatic heterocycles. The molecule has 0 spiro atoms. The molecule has 1 saturated heterocycles. The van der Waals surface area contributed by atoms with E-state index in [9.17, 15) is 9.18 Å². The standard InChI is InChI=1S/C27H30FN3O3/c1-33-24-5-2-20(3-6-24)12-17-34-26-18-22(4-7-25(26)28)27(32)30-19-21-10-15-31(16-11-21)23-8-13-29-14-9-23/h2-9,13-14,18,21H,10-12,15-17,19H2,1H3,(H,30,32). The zero-order valence-corrected chi connectivity index (χ0v) is 19.4. The predicted octanol–water partition coefficient (Wildman–Crippen LogP) is 4.50. The third-order valence-electron chi connectivity index (χ3n) is 6.19. The normalized spacial score (nSPS) is 14.0. The molecule has 1 aliphatic rings. The molecule has 0 aliphatic carbocycles. The van der Waals surface area contributed by atoms with Crippen molar-refractivity contribution in [3.8, 4) is 11.5 Å².